The summed E-state index contributed by atoms with van der Waals surface area (Å²) in [5.41, 5.74) is 4.33. The monoisotopic (exact) mass is 330 g/mol. The summed E-state index contributed by atoms with van der Waals surface area (Å²) in [6.07, 6.45) is 3.44. The molecule has 0 radical (unpaired) electrons. The van der Waals surface area contributed by atoms with E-state index in [1.54, 1.807) is 10.9 Å². The van der Waals surface area contributed by atoms with E-state index in [2.05, 4.69) is 22.4 Å². The molecular weight excluding hydrogens is 312 g/mol. The summed E-state index contributed by atoms with van der Waals surface area (Å²) in [7, 11) is 0. The van der Waals surface area contributed by atoms with E-state index in [1.807, 2.05) is 12.1 Å². The maximum Gasteiger partial charge on any atom is 0.326 e. The second kappa shape index (κ2) is 6.91. The van der Waals surface area contributed by atoms with Gasteiger partial charge in [-0.15, -0.1) is 11.3 Å². The lowest BCUT2D eigenvalue weighted by Gasteiger charge is -2.27. The Hall–Kier alpha value is -2.21. The minimum Gasteiger partial charge on any atom is -0.480 e. The average molecular weight is 330 g/mol. The minimum absolute atomic E-state index is 0.164. The number of amides is 1. The minimum atomic E-state index is -1.00. The molecule has 1 aliphatic carbocycles. The van der Waals surface area contributed by atoms with Crippen LogP contribution in [0.15, 0.2) is 35.2 Å². The zero-order valence-electron chi connectivity index (χ0n) is 12.6. The average Bonchev–Trinajstić information content (AvgIpc) is 3.09. The summed E-state index contributed by atoms with van der Waals surface area (Å²) in [4.78, 5) is 27.6. The fraction of sp³-hybridized carbons (Fsp3) is 0.353. The number of thiazole rings is 1. The molecule has 5 nitrogen and oxygen atoms in total. The van der Waals surface area contributed by atoms with Crippen molar-refractivity contribution in [3.05, 3.63) is 52.0 Å². The molecule has 23 heavy (non-hydrogen) atoms. The number of hydrogen-bond donors (Lipinski definition) is 2. The van der Waals surface area contributed by atoms with Gasteiger partial charge in [0.2, 0.25) is 0 Å². The van der Waals surface area contributed by atoms with Crippen LogP contribution in [0, 0.1) is 0 Å². The Bertz CT molecular complexity index is 700. The fourth-order valence-corrected chi connectivity index (χ4v) is 3.69. The Morgan fingerprint density at radius 1 is 1.39 bits per heavy atom. The number of aliphatic carboxylic acids is 1. The molecule has 0 aliphatic heterocycles. The molecule has 2 aromatic rings. The lowest BCUT2D eigenvalue weighted by molar-refractivity contribution is -0.139. The van der Waals surface area contributed by atoms with Crippen LogP contribution in [0.5, 0.6) is 0 Å². The predicted octanol–water partition coefficient (Wildman–Crippen LogP) is 2.84. The van der Waals surface area contributed by atoms with E-state index < -0.39 is 17.9 Å². The maximum absolute atomic E-state index is 12.1. The van der Waals surface area contributed by atoms with Gasteiger partial charge in [0.15, 0.2) is 0 Å². The van der Waals surface area contributed by atoms with Crippen molar-refractivity contribution >= 4 is 23.2 Å². The molecule has 1 aliphatic rings. The molecular formula is C17H18N2O3S. The number of carboxylic acid groups (broad SMARTS) is 1. The van der Waals surface area contributed by atoms with Gasteiger partial charge in [0.1, 0.15) is 11.7 Å². The van der Waals surface area contributed by atoms with Gasteiger partial charge in [0.25, 0.3) is 5.91 Å². The zero-order chi connectivity index (χ0) is 16.2. The van der Waals surface area contributed by atoms with Gasteiger partial charge >= 0.3 is 5.97 Å². The molecule has 6 heteroatoms. The van der Waals surface area contributed by atoms with Crippen molar-refractivity contribution < 1.29 is 14.7 Å². The summed E-state index contributed by atoms with van der Waals surface area (Å²) in [6.45, 7) is 0. The maximum atomic E-state index is 12.1. The Balaban J connectivity index is 1.73. The van der Waals surface area contributed by atoms with E-state index >= 15 is 0 Å². The number of aryl methyl sites for hydroxylation is 1. The topological polar surface area (TPSA) is 79.3 Å². The second-order valence-corrected chi connectivity index (χ2v) is 6.48. The van der Waals surface area contributed by atoms with E-state index in [0.717, 1.165) is 19.3 Å². The van der Waals surface area contributed by atoms with Crippen LogP contribution in [0.3, 0.4) is 0 Å². The van der Waals surface area contributed by atoms with Gasteiger partial charge in [-0.3, -0.25) is 4.79 Å². The van der Waals surface area contributed by atoms with Crippen molar-refractivity contribution in [3.8, 4) is 0 Å². The van der Waals surface area contributed by atoms with Crippen LogP contribution in [-0.4, -0.2) is 28.0 Å². The lowest BCUT2D eigenvalue weighted by atomic mass is 9.79. The summed E-state index contributed by atoms with van der Waals surface area (Å²) in [5, 5.41) is 13.7. The smallest absolute Gasteiger partial charge is 0.326 e. The van der Waals surface area contributed by atoms with Crippen LogP contribution in [0.1, 0.15) is 46.8 Å². The van der Waals surface area contributed by atoms with E-state index in [0.29, 0.717) is 6.42 Å². The molecule has 2 atom stereocenters. The number of rotatable bonds is 5. The molecule has 1 aromatic carbocycles. The first-order valence-electron chi connectivity index (χ1n) is 7.65. The summed E-state index contributed by atoms with van der Waals surface area (Å²) in [6, 6.07) is 7.27. The van der Waals surface area contributed by atoms with Gasteiger partial charge in [-0.1, -0.05) is 24.3 Å². The molecule has 1 aromatic heterocycles. The standard InChI is InChI=1S/C17H18N2O3S/c20-16(15-9-23-10-18-15)19-14(17(21)22)8-12-6-3-5-11-4-1-2-7-13(11)12/h1-2,4,7,9-10,12,14H,3,5-6,8H2,(H,19,20)(H,21,22). The quantitative estimate of drug-likeness (QED) is 0.883. The van der Waals surface area contributed by atoms with Crippen molar-refractivity contribution in [1.82, 2.24) is 10.3 Å². The Morgan fingerprint density at radius 3 is 2.96 bits per heavy atom. The largest absolute Gasteiger partial charge is 0.480 e. The molecule has 1 heterocycles. The van der Waals surface area contributed by atoms with Gasteiger partial charge in [-0.2, -0.15) is 0 Å². The molecule has 0 fully saturated rings. The van der Waals surface area contributed by atoms with E-state index in [4.69, 9.17) is 0 Å². The highest BCUT2D eigenvalue weighted by Gasteiger charge is 2.28. The van der Waals surface area contributed by atoms with Gasteiger partial charge in [-0.25, -0.2) is 9.78 Å². The molecule has 0 saturated carbocycles. The molecule has 0 spiro atoms. The van der Waals surface area contributed by atoms with Crippen molar-refractivity contribution in [2.75, 3.05) is 0 Å². The normalized spacial score (nSPS) is 18.0. The van der Waals surface area contributed by atoms with Gasteiger partial charge in [-0.05, 0) is 42.7 Å². The van der Waals surface area contributed by atoms with Crippen LogP contribution in [0.25, 0.3) is 0 Å². The van der Waals surface area contributed by atoms with Gasteiger partial charge in [0, 0.05) is 5.38 Å². The Kier molecular flexibility index (Phi) is 4.71. The van der Waals surface area contributed by atoms with Crippen molar-refractivity contribution in [2.24, 2.45) is 0 Å². The molecule has 120 valence electrons. The van der Waals surface area contributed by atoms with Crippen molar-refractivity contribution in [2.45, 2.75) is 37.6 Å². The molecule has 3 rings (SSSR count). The summed E-state index contributed by atoms with van der Waals surface area (Å²) in [5.74, 6) is -1.27. The first-order chi connectivity index (χ1) is 11.1. The number of benzene rings is 1. The lowest BCUT2D eigenvalue weighted by Crippen LogP contribution is -2.42. The van der Waals surface area contributed by atoms with Crippen LogP contribution in [0.2, 0.25) is 0 Å². The number of carboxylic acids is 1. The second-order valence-electron chi connectivity index (χ2n) is 5.76. The van der Waals surface area contributed by atoms with Crippen molar-refractivity contribution in [3.63, 3.8) is 0 Å². The van der Waals surface area contributed by atoms with Crippen LogP contribution in [0.4, 0.5) is 0 Å². The van der Waals surface area contributed by atoms with Gasteiger partial charge < -0.3 is 10.4 Å². The van der Waals surface area contributed by atoms with Gasteiger partial charge in [0.05, 0.1) is 5.51 Å². The third-order valence-electron chi connectivity index (χ3n) is 4.28. The third kappa shape index (κ3) is 3.59. The SMILES string of the molecule is O=C(NC(CC1CCCc2ccccc21)C(=O)O)c1cscn1. The first kappa shape index (κ1) is 15.7. The predicted molar refractivity (Wildman–Crippen MR) is 87.7 cm³/mol. The number of hydrogen-bond acceptors (Lipinski definition) is 4. The van der Waals surface area contributed by atoms with E-state index in [-0.39, 0.29) is 11.6 Å². The number of fused-ring (bicyclic) bond motifs is 1. The summed E-state index contributed by atoms with van der Waals surface area (Å²) < 4.78 is 0. The Morgan fingerprint density at radius 2 is 2.22 bits per heavy atom. The highest BCUT2D eigenvalue weighted by molar-refractivity contribution is 7.07. The highest BCUT2D eigenvalue weighted by Crippen LogP contribution is 2.34. The summed E-state index contributed by atoms with van der Waals surface area (Å²) >= 11 is 1.31. The van der Waals surface area contributed by atoms with Crippen molar-refractivity contribution in [1.29, 1.82) is 0 Å². The molecule has 2 N–H and O–H groups in total. The number of carbonyl (C=O) groups excluding carboxylic acids is 1. The van der Waals surface area contributed by atoms with E-state index in [9.17, 15) is 14.7 Å². The molecule has 2 unspecified atom stereocenters. The zero-order valence-corrected chi connectivity index (χ0v) is 13.4. The highest BCUT2D eigenvalue weighted by atomic mass is 32.1. The fourth-order valence-electron chi connectivity index (χ4n) is 3.16. The molecule has 0 bridgehead atoms. The first-order valence-corrected chi connectivity index (χ1v) is 8.59. The molecule has 0 saturated heterocycles. The van der Waals surface area contributed by atoms with Crippen LogP contribution >= 0.6 is 11.3 Å². The molecule has 1 amide bonds. The van der Waals surface area contributed by atoms with Crippen LogP contribution < -0.4 is 5.32 Å². The number of carbonyl (C=O) groups is 2. The van der Waals surface area contributed by atoms with Crippen LogP contribution in [-0.2, 0) is 11.2 Å². The number of aromatic nitrogens is 1. The number of nitrogens with one attached hydrogen (secondary N) is 1. The number of nitrogens with zero attached hydrogens (tertiary/aromatic N) is 1. The third-order valence-corrected chi connectivity index (χ3v) is 4.87. The Labute approximate surface area is 138 Å². The van der Waals surface area contributed by atoms with E-state index in [1.165, 1.54) is 22.5 Å².